The molecular formula is C21H31N2O+. The van der Waals surface area contributed by atoms with E-state index in [1.807, 2.05) is 0 Å². The highest BCUT2D eigenvalue weighted by molar-refractivity contribution is 5.86. The molecule has 3 heteroatoms. The third-order valence-electron chi connectivity index (χ3n) is 6.07. The molecule has 0 saturated heterocycles. The minimum Gasteiger partial charge on any atom is -0.385 e. The van der Waals surface area contributed by atoms with Gasteiger partial charge in [-0.05, 0) is 76.0 Å². The van der Waals surface area contributed by atoms with E-state index in [1.54, 1.807) is 5.56 Å². The fraction of sp³-hybridized carbons (Fsp3) is 0.619. The topological polar surface area (TPSA) is 41.8 Å². The van der Waals surface area contributed by atoms with Crippen molar-refractivity contribution in [3.63, 3.8) is 0 Å². The number of nitrogens with two attached hydrogens (primary N) is 1. The Morgan fingerprint density at radius 2 is 1.96 bits per heavy atom. The molecule has 0 bridgehead atoms. The number of quaternary nitrogens is 1. The Morgan fingerprint density at radius 3 is 2.79 bits per heavy atom. The molecule has 1 aromatic carbocycles. The van der Waals surface area contributed by atoms with Crippen molar-refractivity contribution in [1.82, 2.24) is 4.57 Å². The number of aliphatic hydroxyl groups excluding tert-OH is 1. The van der Waals surface area contributed by atoms with Gasteiger partial charge in [-0.1, -0.05) is 11.6 Å². The van der Waals surface area contributed by atoms with Crippen molar-refractivity contribution in [1.29, 1.82) is 0 Å². The Bertz CT molecular complexity index is 712. The van der Waals surface area contributed by atoms with Gasteiger partial charge in [-0.2, -0.15) is 0 Å². The number of aryl methyl sites for hydroxylation is 2. The molecule has 4 rings (SSSR count). The van der Waals surface area contributed by atoms with Crippen LogP contribution in [-0.4, -0.2) is 28.4 Å². The van der Waals surface area contributed by atoms with Crippen molar-refractivity contribution in [3.05, 3.63) is 35.0 Å². The van der Waals surface area contributed by atoms with Crippen LogP contribution < -0.4 is 5.32 Å². The van der Waals surface area contributed by atoms with Crippen LogP contribution in [0.1, 0.15) is 55.3 Å². The summed E-state index contributed by atoms with van der Waals surface area (Å²) in [6.07, 6.45) is 10.1. The van der Waals surface area contributed by atoms with Gasteiger partial charge in [-0.15, -0.1) is 0 Å². The smallest absolute Gasteiger partial charge is 0.121 e. The van der Waals surface area contributed by atoms with E-state index in [2.05, 4.69) is 35.0 Å². The van der Waals surface area contributed by atoms with Crippen molar-refractivity contribution < 1.29 is 10.4 Å². The summed E-state index contributed by atoms with van der Waals surface area (Å²) in [6, 6.07) is 7.56. The monoisotopic (exact) mass is 327 g/mol. The lowest BCUT2D eigenvalue weighted by Crippen LogP contribution is -2.91. The van der Waals surface area contributed by atoms with Crippen LogP contribution in [0, 0.1) is 6.92 Å². The van der Waals surface area contributed by atoms with Gasteiger partial charge in [0.15, 0.2) is 0 Å². The molecule has 2 aromatic rings. The maximum absolute atomic E-state index is 10.6. The lowest BCUT2D eigenvalue weighted by molar-refractivity contribution is -0.693. The third kappa shape index (κ3) is 3.12. The highest BCUT2D eigenvalue weighted by Crippen LogP contribution is 2.33. The van der Waals surface area contributed by atoms with Crippen LogP contribution in [0.15, 0.2) is 18.2 Å². The highest BCUT2D eigenvalue weighted by atomic mass is 16.3. The van der Waals surface area contributed by atoms with E-state index in [-0.39, 0.29) is 6.10 Å². The van der Waals surface area contributed by atoms with Gasteiger partial charge in [0.1, 0.15) is 12.6 Å². The Kier molecular flexibility index (Phi) is 4.64. The number of fused-ring (bicyclic) bond motifs is 3. The van der Waals surface area contributed by atoms with E-state index in [9.17, 15) is 5.11 Å². The SMILES string of the molecule is Cc1ccc2c(c1)c1c(n2CC(O)C[NH2+]C2CCCC2)CCCC1. The van der Waals surface area contributed by atoms with Crippen LogP contribution in [0.5, 0.6) is 0 Å². The predicted octanol–water partition coefficient (Wildman–Crippen LogP) is 2.70. The van der Waals surface area contributed by atoms with Gasteiger partial charge in [0.2, 0.25) is 0 Å². The summed E-state index contributed by atoms with van der Waals surface area (Å²) in [5.74, 6) is 0. The summed E-state index contributed by atoms with van der Waals surface area (Å²) in [5.41, 5.74) is 5.70. The number of benzene rings is 1. The lowest BCUT2D eigenvalue weighted by atomic mass is 9.95. The molecule has 2 aliphatic carbocycles. The standard InChI is InChI=1S/C21H30N2O/c1-15-10-11-21-19(12-15)18-8-4-5-9-20(18)23(21)14-17(24)13-22-16-6-2-3-7-16/h10-12,16-17,22,24H,2-9,13-14H2,1H3/p+1. The highest BCUT2D eigenvalue weighted by Gasteiger charge is 2.23. The zero-order chi connectivity index (χ0) is 16.5. The van der Waals surface area contributed by atoms with Gasteiger partial charge in [0.05, 0.1) is 12.6 Å². The van der Waals surface area contributed by atoms with E-state index in [0.717, 1.165) is 19.1 Å². The first-order chi connectivity index (χ1) is 11.7. The molecular weight excluding hydrogens is 296 g/mol. The Labute approximate surface area is 145 Å². The molecule has 1 unspecified atom stereocenters. The van der Waals surface area contributed by atoms with Crippen molar-refractivity contribution in [2.24, 2.45) is 0 Å². The molecule has 0 amide bonds. The first-order valence-corrected chi connectivity index (χ1v) is 9.84. The first-order valence-electron chi connectivity index (χ1n) is 9.84. The molecule has 24 heavy (non-hydrogen) atoms. The van der Waals surface area contributed by atoms with E-state index < -0.39 is 0 Å². The Balaban J connectivity index is 1.56. The van der Waals surface area contributed by atoms with E-state index in [4.69, 9.17) is 0 Å². The Hall–Kier alpha value is -1.32. The largest absolute Gasteiger partial charge is 0.385 e. The number of aliphatic hydroxyl groups is 1. The summed E-state index contributed by atoms with van der Waals surface area (Å²) in [6.45, 7) is 3.76. The van der Waals surface area contributed by atoms with E-state index in [1.165, 1.54) is 73.5 Å². The average Bonchev–Trinajstić information content (AvgIpc) is 3.21. The van der Waals surface area contributed by atoms with Crippen LogP contribution in [0.25, 0.3) is 10.9 Å². The summed E-state index contributed by atoms with van der Waals surface area (Å²) in [4.78, 5) is 0. The maximum atomic E-state index is 10.6. The zero-order valence-electron chi connectivity index (χ0n) is 14.9. The second-order valence-corrected chi connectivity index (χ2v) is 7.93. The normalized spacial score (nSPS) is 19.8. The maximum Gasteiger partial charge on any atom is 0.121 e. The Morgan fingerprint density at radius 1 is 1.17 bits per heavy atom. The third-order valence-corrected chi connectivity index (χ3v) is 6.07. The van der Waals surface area contributed by atoms with Crippen LogP contribution in [0.3, 0.4) is 0 Å². The van der Waals surface area contributed by atoms with Crippen LogP contribution in [0.4, 0.5) is 0 Å². The molecule has 1 atom stereocenters. The number of rotatable bonds is 5. The van der Waals surface area contributed by atoms with E-state index >= 15 is 0 Å². The minimum absolute atomic E-state index is 0.256. The van der Waals surface area contributed by atoms with Crippen molar-refractivity contribution in [2.75, 3.05) is 6.54 Å². The predicted molar refractivity (Wildman–Crippen MR) is 98.4 cm³/mol. The van der Waals surface area contributed by atoms with Gasteiger partial charge in [-0.3, -0.25) is 0 Å². The number of aromatic nitrogens is 1. The molecule has 0 spiro atoms. The number of nitrogens with zero attached hydrogens (tertiary/aromatic N) is 1. The summed E-state index contributed by atoms with van der Waals surface area (Å²) >= 11 is 0. The fourth-order valence-electron chi connectivity index (χ4n) is 4.79. The molecule has 2 aliphatic rings. The summed E-state index contributed by atoms with van der Waals surface area (Å²) < 4.78 is 2.43. The molecule has 1 fully saturated rings. The van der Waals surface area contributed by atoms with Gasteiger partial charge in [0.25, 0.3) is 0 Å². The molecule has 1 heterocycles. The molecule has 3 N–H and O–H groups in total. The van der Waals surface area contributed by atoms with Crippen molar-refractivity contribution in [2.45, 2.75) is 77.0 Å². The van der Waals surface area contributed by atoms with Crippen molar-refractivity contribution >= 4 is 10.9 Å². The molecule has 0 aliphatic heterocycles. The number of hydrogen-bond donors (Lipinski definition) is 2. The lowest BCUT2D eigenvalue weighted by Gasteiger charge is -2.19. The van der Waals surface area contributed by atoms with Gasteiger partial charge in [0, 0.05) is 16.6 Å². The van der Waals surface area contributed by atoms with Crippen LogP contribution in [0.2, 0.25) is 0 Å². The van der Waals surface area contributed by atoms with Gasteiger partial charge in [-0.25, -0.2) is 0 Å². The molecule has 1 saturated carbocycles. The first kappa shape index (κ1) is 16.2. The van der Waals surface area contributed by atoms with Crippen LogP contribution in [-0.2, 0) is 19.4 Å². The molecule has 130 valence electrons. The van der Waals surface area contributed by atoms with Crippen LogP contribution >= 0.6 is 0 Å². The van der Waals surface area contributed by atoms with Gasteiger partial charge >= 0.3 is 0 Å². The minimum atomic E-state index is -0.256. The molecule has 0 radical (unpaired) electrons. The van der Waals surface area contributed by atoms with Crippen molar-refractivity contribution in [3.8, 4) is 0 Å². The quantitative estimate of drug-likeness (QED) is 0.871. The second kappa shape index (κ2) is 6.89. The zero-order valence-corrected chi connectivity index (χ0v) is 14.9. The summed E-state index contributed by atoms with van der Waals surface area (Å²) in [5, 5.41) is 14.5. The van der Waals surface area contributed by atoms with Gasteiger partial charge < -0.3 is 15.0 Å². The second-order valence-electron chi connectivity index (χ2n) is 7.93. The average molecular weight is 327 g/mol. The molecule has 3 nitrogen and oxygen atoms in total. The fourth-order valence-corrected chi connectivity index (χ4v) is 4.79. The van der Waals surface area contributed by atoms with E-state index in [0.29, 0.717) is 0 Å². The molecule has 1 aromatic heterocycles. The number of hydrogen-bond acceptors (Lipinski definition) is 1. The summed E-state index contributed by atoms with van der Waals surface area (Å²) in [7, 11) is 0.